The number of esters is 1. The summed E-state index contributed by atoms with van der Waals surface area (Å²) in [5.41, 5.74) is -0.430. The predicted octanol–water partition coefficient (Wildman–Crippen LogP) is 2.99. The van der Waals surface area contributed by atoms with Crippen LogP contribution in [0.5, 0.6) is 0 Å². The average molecular weight is 330 g/mol. The molecule has 1 aromatic rings. The van der Waals surface area contributed by atoms with Gasteiger partial charge in [-0.1, -0.05) is 29.3 Å². The van der Waals surface area contributed by atoms with Gasteiger partial charge in [0, 0.05) is 10.0 Å². The first-order chi connectivity index (χ1) is 9.88. The van der Waals surface area contributed by atoms with E-state index in [1.807, 2.05) is 0 Å². The number of halogens is 2. The SMILES string of the molecule is COC(=O)C(C)(NC(=O)Cc1c(Cl)cccc1Cl)C1CC1. The van der Waals surface area contributed by atoms with E-state index < -0.39 is 11.5 Å². The Bertz CT molecular complexity index is 552. The van der Waals surface area contributed by atoms with E-state index in [0.29, 0.717) is 15.6 Å². The number of amides is 1. The molecule has 4 nitrogen and oxygen atoms in total. The van der Waals surface area contributed by atoms with E-state index in [9.17, 15) is 9.59 Å². The van der Waals surface area contributed by atoms with Crippen molar-refractivity contribution in [3.8, 4) is 0 Å². The van der Waals surface area contributed by atoms with Crippen LogP contribution in [-0.2, 0) is 20.7 Å². The normalized spacial score (nSPS) is 17.0. The van der Waals surface area contributed by atoms with Gasteiger partial charge in [0.25, 0.3) is 0 Å². The van der Waals surface area contributed by atoms with E-state index in [2.05, 4.69) is 5.32 Å². The number of rotatable bonds is 5. The molecule has 1 aromatic carbocycles. The third-order valence-corrected chi connectivity index (χ3v) is 4.51. The minimum absolute atomic E-state index is 0.0256. The van der Waals surface area contributed by atoms with Gasteiger partial charge in [-0.15, -0.1) is 0 Å². The first kappa shape index (κ1) is 16.1. The monoisotopic (exact) mass is 329 g/mol. The second-order valence-corrected chi connectivity index (χ2v) is 6.21. The van der Waals surface area contributed by atoms with Gasteiger partial charge in [-0.3, -0.25) is 4.79 Å². The van der Waals surface area contributed by atoms with Crippen LogP contribution in [0.2, 0.25) is 10.0 Å². The highest BCUT2D eigenvalue weighted by Gasteiger charge is 2.49. The van der Waals surface area contributed by atoms with Gasteiger partial charge < -0.3 is 10.1 Å². The highest BCUT2D eigenvalue weighted by molar-refractivity contribution is 6.36. The highest BCUT2D eigenvalue weighted by Crippen LogP contribution is 2.40. The Balaban J connectivity index is 2.12. The number of ether oxygens (including phenoxy) is 1. The van der Waals surface area contributed by atoms with Crippen LogP contribution in [0.3, 0.4) is 0 Å². The van der Waals surface area contributed by atoms with E-state index in [4.69, 9.17) is 27.9 Å². The minimum Gasteiger partial charge on any atom is -0.467 e. The Morgan fingerprint density at radius 2 is 1.90 bits per heavy atom. The molecule has 0 aromatic heterocycles. The minimum atomic E-state index is -0.987. The molecule has 1 amide bonds. The van der Waals surface area contributed by atoms with Crippen LogP contribution in [0.1, 0.15) is 25.3 Å². The molecule has 0 aliphatic heterocycles. The first-order valence-corrected chi connectivity index (χ1v) is 7.46. The second kappa shape index (κ2) is 6.24. The van der Waals surface area contributed by atoms with E-state index in [0.717, 1.165) is 12.8 Å². The van der Waals surface area contributed by atoms with Crippen molar-refractivity contribution in [1.29, 1.82) is 0 Å². The first-order valence-electron chi connectivity index (χ1n) is 6.70. The zero-order valence-electron chi connectivity index (χ0n) is 11.9. The van der Waals surface area contributed by atoms with Crippen LogP contribution in [0.25, 0.3) is 0 Å². The summed E-state index contributed by atoms with van der Waals surface area (Å²) in [6.07, 6.45) is 1.83. The molecule has 0 heterocycles. The van der Waals surface area contributed by atoms with Crippen molar-refractivity contribution in [2.45, 2.75) is 31.7 Å². The van der Waals surface area contributed by atoms with Crippen molar-refractivity contribution < 1.29 is 14.3 Å². The zero-order valence-corrected chi connectivity index (χ0v) is 13.4. The van der Waals surface area contributed by atoms with E-state index >= 15 is 0 Å². The van der Waals surface area contributed by atoms with Crippen molar-refractivity contribution in [1.82, 2.24) is 5.32 Å². The van der Waals surface area contributed by atoms with Gasteiger partial charge >= 0.3 is 5.97 Å². The van der Waals surface area contributed by atoms with Crippen LogP contribution >= 0.6 is 23.2 Å². The molecule has 0 bridgehead atoms. The summed E-state index contributed by atoms with van der Waals surface area (Å²) in [5, 5.41) is 3.65. The lowest BCUT2D eigenvalue weighted by Gasteiger charge is -2.28. The van der Waals surface area contributed by atoms with Crippen molar-refractivity contribution in [3.63, 3.8) is 0 Å². The lowest BCUT2D eigenvalue weighted by Crippen LogP contribution is -2.55. The van der Waals surface area contributed by atoms with Crippen LogP contribution in [0, 0.1) is 5.92 Å². The summed E-state index contributed by atoms with van der Waals surface area (Å²) in [4.78, 5) is 24.2. The van der Waals surface area contributed by atoms with Gasteiger partial charge in [0.2, 0.25) is 5.91 Å². The van der Waals surface area contributed by atoms with Gasteiger partial charge in [-0.2, -0.15) is 0 Å². The van der Waals surface area contributed by atoms with Crippen molar-refractivity contribution >= 4 is 35.1 Å². The average Bonchev–Trinajstić information content (AvgIpc) is 3.26. The Morgan fingerprint density at radius 1 is 1.33 bits per heavy atom. The third-order valence-electron chi connectivity index (χ3n) is 3.80. The standard InChI is InChI=1S/C15H17Cl2NO3/c1-15(9-6-7-9,14(20)21-2)18-13(19)8-10-11(16)4-3-5-12(10)17/h3-5,9H,6-8H2,1-2H3,(H,18,19). The third kappa shape index (κ3) is 3.50. The van der Waals surface area contributed by atoms with Crippen LogP contribution in [-0.4, -0.2) is 24.5 Å². The lowest BCUT2D eigenvalue weighted by atomic mass is 9.95. The maximum Gasteiger partial charge on any atom is 0.331 e. The van der Waals surface area contributed by atoms with Crippen LogP contribution < -0.4 is 5.32 Å². The summed E-state index contributed by atoms with van der Waals surface area (Å²) in [7, 11) is 1.32. The number of hydrogen-bond donors (Lipinski definition) is 1. The van der Waals surface area contributed by atoms with Gasteiger partial charge in [-0.25, -0.2) is 4.79 Å². The maximum atomic E-state index is 12.2. The summed E-state index contributed by atoms with van der Waals surface area (Å²) in [6.45, 7) is 1.70. The summed E-state index contributed by atoms with van der Waals surface area (Å²) < 4.78 is 4.81. The molecule has 1 saturated carbocycles. The molecule has 1 atom stereocenters. The zero-order chi connectivity index (χ0) is 15.6. The Hall–Kier alpha value is -1.26. The molecule has 6 heteroatoms. The quantitative estimate of drug-likeness (QED) is 0.845. The Labute approximate surface area is 133 Å². The highest BCUT2D eigenvalue weighted by atomic mass is 35.5. The summed E-state index contributed by atoms with van der Waals surface area (Å²) in [6, 6.07) is 5.07. The Morgan fingerprint density at radius 3 is 2.38 bits per heavy atom. The number of benzene rings is 1. The molecule has 0 saturated heterocycles. The lowest BCUT2D eigenvalue weighted by molar-refractivity contribution is -0.151. The molecule has 1 aliphatic rings. The fraction of sp³-hybridized carbons (Fsp3) is 0.467. The number of hydrogen-bond acceptors (Lipinski definition) is 3. The van der Waals surface area contributed by atoms with E-state index in [-0.39, 0.29) is 18.2 Å². The maximum absolute atomic E-state index is 12.2. The molecule has 114 valence electrons. The molecular formula is C15H17Cl2NO3. The topological polar surface area (TPSA) is 55.4 Å². The molecule has 21 heavy (non-hydrogen) atoms. The smallest absolute Gasteiger partial charge is 0.331 e. The number of nitrogens with one attached hydrogen (secondary N) is 1. The van der Waals surface area contributed by atoms with Crippen LogP contribution in [0.4, 0.5) is 0 Å². The van der Waals surface area contributed by atoms with E-state index in [1.165, 1.54) is 7.11 Å². The molecule has 0 radical (unpaired) electrons. The molecular weight excluding hydrogens is 313 g/mol. The number of carbonyl (C=O) groups excluding carboxylic acids is 2. The summed E-state index contributed by atoms with van der Waals surface area (Å²) >= 11 is 12.1. The van der Waals surface area contributed by atoms with Gasteiger partial charge in [0.15, 0.2) is 0 Å². The van der Waals surface area contributed by atoms with Crippen molar-refractivity contribution in [3.05, 3.63) is 33.8 Å². The second-order valence-electron chi connectivity index (χ2n) is 5.39. The van der Waals surface area contributed by atoms with E-state index in [1.54, 1.807) is 25.1 Å². The predicted molar refractivity (Wildman–Crippen MR) is 81.5 cm³/mol. The molecule has 1 unspecified atom stereocenters. The van der Waals surface area contributed by atoms with Crippen molar-refractivity contribution in [2.75, 3.05) is 7.11 Å². The molecule has 1 fully saturated rings. The van der Waals surface area contributed by atoms with Gasteiger partial charge in [0.05, 0.1) is 13.5 Å². The molecule has 2 rings (SSSR count). The molecule has 1 N–H and O–H groups in total. The fourth-order valence-electron chi connectivity index (χ4n) is 2.39. The fourth-order valence-corrected chi connectivity index (χ4v) is 2.92. The molecule has 0 spiro atoms. The number of carbonyl (C=O) groups is 2. The summed E-state index contributed by atoms with van der Waals surface area (Å²) in [5.74, 6) is -0.607. The molecule has 1 aliphatic carbocycles. The largest absolute Gasteiger partial charge is 0.467 e. The van der Waals surface area contributed by atoms with Gasteiger partial charge in [-0.05, 0) is 43.4 Å². The van der Waals surface area contributed by atoms with Gasteiger partial charge in [0.1, 0.15) is 5.54 Å². The number of methoxy groups -OCH3 is 1. The van der Waals surface area contributed by atoms with Crippen molar-refractivity contribution in [2.24, 2.45) is 5.92 Å². The Kier molecular flexibility index (Phi) is 4.79. The van der Waals surface area contributed by atoms with Crippen LogP contribution in [0.15, 0.2) is 18.2 Å².